The van der Waals surface area contributed by atoms with Crippen molar-refractivity contribution in [2.24, 2.45) is 0 Å². The Bertz CT molecular complexity index is 1430. The molecule has 198 valence electrons. The average molecular weight is 545 g/mol. The first-order chi connectivity index (χ1) is 17.7. The molecule has 0 bridgehead atoms. The topological polar surface area (TPSA) is 49.3 Å². The molecule has 38 heavy (non-hydrogen) atoms. The minimum Gasteiger partial charge on any atom is -0.348 e. The van der Waals surface area contributed by atoms with Crippen molar-refractivity contribution >= 4 is 34.9 Å². The Morgan fingerprint density at radius 2 is 1.58 bits per heavy atom. The molecule has 1 aromatic heterocycles. The molecular formula is C28H25ClF4N4O. The molecule has 1 aliphatic heterocycles. The van der Waals surface area contributed by atoms with E-state index >= 15 is 0 Å². The number of amides is 1. The van der Waals surface area contributed by atoms with Gasteiger partial charge < -0.3 is 9.80 Å². The van der Waals surface area contributed by atoms with Crippen LogP contribution in [-0.4, -0.2) is 46.7 Å². The molecule has 1 saturated heterocycles. The number of fused-ring (bicyclic) bond motifs is 1. The maximum atomic E-state index is 13.4. The summed E-state index contributed by atoms with van der Waals surface area (Å²) in [6, 6.07) is 18.6. The van der Waals surface area contributed by atoms with Crippen LogP contribution in [0.2, 0.25) is 0 Å². The number of hydrogen-bond acceptors (Lipinski definition) is 4. The van der Waals surface area contributed by atoms with Crippen molar-refractivity contribution in [3.05, 3.63) is 89.7 Å². The van der Waals surface area contributed by atoms with Gasteiger partial charge in [0.25, 0.3) is 0 Å². The summed E-state index contributed by atoms with van der Waals surface area (Å²) in [7, 11) is 0. The number of halogens is 5. The second-order valence-electron chi connectivity index (χ2n) is 9.18. The third-order valence-corrected chi connectivity index (χ3v) is 6.67. The van der Waals surface area contributed by atoms with E-state index in [2.05, 4.69) is 15.1 Å². The fraction of sp³-hybridized carbons (Fsp3) is 0.250. The van der Waals surface area contributed by atoms with E-state index < -0.39 is 11.7 Å². The second-order valence-corrected chi connectivity index (χ2v) is 9.18. The monoisotopic (exact) mass is 544 g/mol. The van der Waals surface area contributed by atoms with E-state index in [-0.39, 0.29) is 36.6 Å². The molecule has 0 spiro atoms. The molecule has 5 nitrogen and oxygen atoms in total. The highest BCUT2D eigenvalue weighted by Gasteiger charge is 2.31. The minimum atomic E-state index is -4.40. The molecule has 1 aliphatic rings. The predicted molar refractivity (Wildman–Crippen MR) is 141 cm³/mol. The highest BCUT2D eigenvalue weighted by Crippen LogP contribution is 2.33. The Morgan fingerprint density at radius 3 is 2.21 bits per heavy atom. The van der Waals surface area contributed by atoms with E-state index in [0.717, 1.165) is 28.5 Å². The summed E-state index contributed by atoms with van der Waals surface area (Å²) in [4.78, 5) is 16.8. The van der Waals surface area contributed by atoms with Crippen LogP contribution in [0, 0.1) is 5.82 Å². The molecule has 10 heteroatoms. The average Bonchev–Trinajstić information content (AvgIpc) is 2.88. The van der Waals surface area contributed by atoms with Crippen molar-refractivity contribution in [2.75, 3.05) is 24.5 Å². The number of aromatic nitrogens is 2. The van der Waals surface area contributed by atoms with Gasteiger partial charge in [-0.25, -0.2) is 4.39 Å². The molecule has 5 rings (SSSR count). The van der Waals surface area contributed by atoms with Gasteiger partial charge in [-0.1, -0.05) is 36.4 Å². The number of anilines is 1. The van der Waals surface area contributed by atoms with Crippen LogP contribution in [-0.2, 0) is 17.4 Å². The molecule has 0 saturated carbocycles. The number of piperazine rings is 1. The van der Waals surface area contributed by atoms with Gasteiger partial charge in [0.05, 0.1) is 12.0 Å². The summed E-state index contributed by atoms with van der Waals surface area (Å²) in [6.45, 7) is 3.45. The molecule has 0 N–H and O–H groups in total. The molecule has 1 fully saturated rings. The van der Waals surface area contributed by atoms with Gasteiger partial charge in [-0.3, -0.25) is 4.79 Å². The van der Waals surface area contributed by atoms with E-state index in [0.29, 0.717) is 36.7 Å². The number of alkyl halides is 3. The number of hydrogen-bond donors (Lipinski definition) is 0. The maximum Gasteiger partial charge on any atom is 0.416 e. The number of carbonyl (C=O) groups excluding carboxylic acids is 1. The molecule has 0 unspecified atom stereocenters. The highest BCUT2D eigenvalue weighted by molar-refractivity contribution is 6.00. The lowest BCUT2D eigenvalue weighted by Gasteiger charge is -2.40. The Kier molecular flexibility index (Phi) is 7.87. The van der Waals surface area contributed by atoms with Crippen molar-refractivity contribution < 1.29 is 22.4 Å². The highest BCUT2D eigenvalue weighted by atomic mass is 35.5. The van der Waals surface area contributed by atoms with Crippen molar-refractivity contribution in [2.45, 2.75) is 25.6 Å². The van der Waals surface area contributed by atoms with Gasteiger partial charge in [-0.15, -0.1) is 22.6 Å². The first-order valence-electron chi connectivity index (χ1n) is 11.9. The molecule has 0 aliphatic carbocycles. The first-order valence-corrected chi connectivity index (χ1v) is 11.9. The molecule has 1 amide bonds. The van der Waals surface area contributed by atoms with Crippen LogP contribution in [0.25, 0.3) is 22.0 Å². The standard InChI is InChI=1S/C28H24F4N4O.ClH/c1-18-17-35(25(37)16-19-6-10-21(11-7-19)28(30,31)32)14-15-36(18)27-24-5-3-2-4-23(24)26(33-34-27)20-8-12-22(29)13-9-20;/h2-13,18H,14-17H2,1H3;1H/t18-;/m0./s1. The van der Waals surface area contributed by atoms with Gasteiger partial charge in [0.2, 0.25) is 5.91 Å². The summed E-state index contributed by atoms with van der Waals surface area (Å²) in [6.07, 6.45) is -4.36. The van der Waals surface area contributed by atoms with Crippen LogP contribution in [0.15, 0.2) is 72.8 Å². The fourth-order valence-corrected chi connectivity index (χ4v) is 4.72. The molecule has 4 aromatic rings. The first kappa shape index (κ1) is 27.3. The zero-order valence-corrected chi connectivity index (χ0v) is 21.3. The molecule has 2 heterocycles. The lowest BCUT2D eigenvalue weighted by molar-refractivity contribution is -0.137. The molecule has 0 radical (unpaired) electrons. The number of benzene rings is 3. The summed E-state index contributed by atoms with van der Waals surface area (Å²) < 4.78 is 51.9. The van der Waals surface area contributed by atoms with Gasteiger partial charge in [0.15, 0.2) is 5.82 Å². The van der Waals surface area contributed by atoms with E-state index in [1.807, 2.05) is 31.2 Å². The van der Waals surface area contributed by atoms with Crippen LogP contribution < -0.4 is 4.90 Å². The third kappa shape index (κ3) is 5.57. The summed E-state index contributed by atoms with van der Waals surface area (Å²) in [5.41, 5.74) is 1.24. The van der Waals surface area contributed by atoms with Crippen LogP contribution in [0.4, 0.5) is 23.4 Å². The predicted octanol–water partition coefficient (Wildman–Crippen LogP) is 6.16. The van der Waals surface area contributed by atoms with E-state index in [1.165, 1.54) is 24.3 Å². The number of rotatable bonds is 4. The Morgan fingerprint density at radius 1 is 0.921 bits per heavy atom. The number of nitrogens with zero attached hydrogens (tertiary/aromatic N) is 4. The largest absolute Gasteiger partial charge is 0.416 e. The van der Waals surface area contributed by atoms with E-state index in [1.54, 1.807) is 17.0 Å². The van der Waals surface area contributed by atoms with Crippen molar-refractivity contribution in [3.63, 3.8) is 0 Å². The number of carbonyl (C=O) groups is 1. The van der Waals surface area contributed by atoms with Crippen LogP contribution in [0.3, 0.4) is 0 Å². The zero-order valence-electron chi connectivity index (χ0n) is 20.5. The molecule has 3 aromatic carbocycles. The minimum absolute atomic E-state index is 0. The van der Waals surface area contributed by atoms with Gasteiger partial charge in [0.1, 0.15) is 11.5 Å². The van der Waals surface area contributed by atoms with E-state index in [4.69, 9.17) is 0 Å². The van der Waals surface area contributed by atoms with Gasteiger partial charge >= 0.3 is 6.18 Å². The van der Waals surface area contributed by atoms with E-state index in [9.17, 15) is 22.4 Å². The molecular weight excluding hydrogens is 520 g/mol. The maximum absolute atomic E-state index is 13.4. The second kappa shape index (κ2) is 10.9. The summed E-state index contributed by atoms with van der Waals surface area (Å²) in [5, 5.41) is 10.8. The molecule has 1 atom stereocenters. The quantitative estimate of drug-likeness (QED) is 0.289. The van der Waals surface area contributed by atoms with Crippen molar-refractivity contribution in [3.8, 4) is 11.3 Å². The van der Waals surface area contributed by atoms with Gasteiger partial charge in [-0.05, 0) is 48.9 Å². The van der Waals surface area contributed by atoms with Crippen molar-refractivity contribution in [1.82, 2.24) is 15.1 Å². The Hall–Kier alpha value is -3.72. The lowest BCUT2D eigenvalue weighted by atomic mass is 10.0. The van der Waals surface area contributed by atoms with Crippen LogP contribution in [0.5, 0.6) is 0 Å². The van der Waals surface area contributed by atoms with Crippen LogP contribution in [0.1, 0.15) is 18.1 Å². The zero-order chi connectivity index (χ0) is 26.2. The lowest BCUT2D eigenvalue weighted by Crippen LogP contribution is -2.54. The normalized spacial score (nSPS) is 15.9. The van der Waals surface area contributed by atoms with Crippen molar-refractivity contribution in [1.29, 1.82) is 0 Å². The van der Waals surface area contributed by atoms with Gasteiger partial charge in [0, 0.05) is 42.0 Å². The Labute approximate surface area is 223 Å². The fourth-order valence-electron chi connectivity index (χ4n) is 4.72. The summed E-state index contributed by atoms with van der Waals surface area (Å²) in [5.74, 6) is 0.259. The third-order valence-electron chi connectivity index (χ3n) is 6.67. The van der Waals surface area contributed by atoms with Crippen LogP contribution >= 0.6 is 12.4 Å². The summed E-state index contributed by atoms with van der Waals surface area (Å²) >= 11 is 0. The smallest absolute Gasteiger partial charge is 0.348 e. The Balaban J connectivity index is 0.00000336. The van der Waals surface area contributed by atoms with Gasteiger partial charge in [-0.2, -0.15) is 13.2 Å². The SMILES string of the molecule is C[C@H]1CN(C(=O)Cc2ccc(C(F)(F)F)cc2)CCN1c1nnc(-c2ccc(F)cc2)c2ccccc12.Cl.